The second-order valence-electron chi connectivity index (χ2n) is 6.17. The van der Waals surface area contributed by atoms with E-state index in [9.17, 15) is 9.18 Å². The van der Waals surface area contributed by atoms with Gasteiger partial charge in [0.05, 0.1) is 13.2 Å². The molecule has 1 amide bonds. The van der Waals surface area contributed by atoms with Crippen molar-refractivity contribution in [3.05, 3.63) is 65.0 Å². The van der Waals surface area contributed by atoms with Crippen LogP contribution >= 0.6 is 0 Å². The first-order chi connectivity index (χ1) is 11.7. The van der Waals surface area contributed by atoms with E-state index in [1.165, 1.54) is 17.2 Å². The number of hydrogen-bond donors (Lipinski definition) is 1. The predicted octanol–water partition coefficient (Wildman–Crippen LogP) is 3.96. The van der Waals surface area contributed by atoms with Crippen LogP contribution < -0.4 is 10.1 Å². The molecule has 3 rings (SSSR count). The largest absolute Gasteiger partial charge is 0.497 e. The summed E-state index contributed by atoms with van der Waals surface area (Å²) in [5, 5.41) is 3.10. The number of aryl methyl sites for hydroxylation is 2. The van der Waals surface area contributed by atoms with E-state index in [1.807, 2.05) is 18.2 Å². The van der Waals surface area contributed by atoms with Crippen LogP contribution in [-0.2, 0) is 17.6 Å². The third-order valence-electron chi connectivity index (χ3n) is 4.58. The third-order valence-corrected chi connectivity index (χ3v) is 4.58. The van der Waals surface area contributed by atoms with E-state index in [4.69, 9.17) is 4.74 Å². The first-order valence-corrected chi connectivity index (χ1v) is 8.37. The van der Waals surface area contributed by atoms with Gasteiger partial charge in [-0.1, -0.05) is 24.3 Å². The Bertz CT molecular complexity index is 729. The van der Waals surface area contributed by atoms with Gasteiger partial charge in [0.15, 0.2) is 0 Å². The fourth-order valence-corrected chi connectivity index (χ4v) is 3.28. The molecular formula is C20H22FNO2. The molecule has 0 aromatic heterocycles. The molecule has 1 N–H and O–H groups in total. The molecule has 1 aliphatic rings. The molecule has 126 valence electrons. The number of hydrogen-bond acceptors (Lipinski definition) is 2. The van der Waals surface area contributed by atoms with Crippen LogP contribution in [0, 0.1) is 5.82 Å². The number of rotatable bonds is 5. The summed E-state index contributed by atoms with van der Waals surface area (Å²) in [6.07, 6.45) is 3.70. The van der Waals surface area contributed by atoms with Gasteiger partial charge in [-0.2, -0.15) is 0 Å². The summed E-state index contributed by atoms with van der Waals surface area (Å²) in [6, 6.07) is 12.7. The molecule has 0 saturated heterocycles. The van der Waals surface area contributed by atoms with Crippen molar-refractivity contribution < 1.29 is 13.9 Å². The molecule has 0 spiro atoms. The molecule has 0 aliphatic heterocycles. The lowest BCUT2D eigenvalue weighted by Gasteiger charge is -2.27. The summed E-state index contributed by atoms with van der Waals surface area (Å²) in [6.45, 7) is 0. The Hall–Kier alpha value is -2.36. The van der Waals surface area contributed by atoms with Gasteiger partial charge in [0.2, 0.25) is 5.91 Å². The predicted molar refractivity (Wildman–Crippen MR) is 91.5 cm³/mol. The van der Waals surface area contributed by atoms with Gasteiger partial charge >= 0.3 is 0 Å². The standard InChI is InChI=1S/C20H22FNO2/c1-24-16-10-11-17-15(13-16)6-4-8-19(17)22-20(23)12-9-14-5-2-3-7-18(14)21/h2-3,5,7,10-11,13,19H,4,6,8-9,12H2,1H3,(H,22,23). The zero-order valence-electron chi connectivity index (χ0n) is 13.8. The first kappa shape index (κ1) is 16.5. The highest BCUT2D eigenvalue weighted by molar-refractivity contribution is 5.76. The van der Waals surface area contributed by atoms with Crippen LogP contribution in [-0.4, -0.2) is 13.0 Å². The average Bonchev–Trinajstić information content (AvgIpc) is 2.61. The maximum Gasteiger partial charge on any atom is 0.220 e. The van der Waals surface area contributed by atoms with Crippen molar-refractivity contribution in [2.24, 2.45) is 0 Å². The van der Waals surface area contributed by atoms with Gasteiger partial charge in [-0.15, -0.1) is 0 Å². The van der Waals surface area contributed by atoms with Crippen LogP contribution in [0.4, 0.5) is 4.39 Å². The Balaban J connectivity index is 1.62. The third kappa shape index (κ3) is 3.75. The molecule has 0 saturated carbocycles. The Morgan fingerprint density at radius 3 is 2.92 bits per heavy atom. The summed E-state index contributed by atoms with van der Waals surface area (Å²) in [5.41, 5.74) is 2.99. The molecular weight excluding hydrogens is 305 g/mol. The van der Waals surface area contributed by atoms with E-state index in [0.29, 0.717) is 18.4 Å². The van der Waals surface area contributed by atoms with Gasteiger partial charge in [-0.05, 0) is 60.6 Å². The van der Waals surface area contributed by atoms with Crippen molar-refractivity contribution in [2.45, 2.75) is 38.1 Å². The minimum Gasteiger partial charge on any atom is -0.497 e. The number of nitrogens with one attached hydrogen (secondary N) is 1. The number of amides is 1. The maximum atomic E-state index is 13.6. The average molecular weight is 327 g/mol. The second-order valence-corrected chi connectivity index (χ2v) is 6.17. The number of methoxy groups -OCH3 is 1. The van der Waals surface area contributed by atoms with Crippen molar-refractivity contribution in [1.82, 2.24) is 5.32 Å². The fourth-order valence-electron chi connectivity index (χ4n) is 3.28. The van der Waals surface area contributed by atoms with E-state index < -0.39 is 0 Å². The highest BCUT2D eigenvalue weighted by Gasteiger charge is 2.22. The molecule has 0 fully saturated rings. The topological polar surface area (TPSA) is 38.3 Å². The van der Waals surface area contributed by atoms with Crippen molar-refractivity contribution in [3.8, 4) is 5.75 Å². The van der Waals surface area contributed by atoms with Crippen LogP contribution in [0.5, 0.6) is 5.75 Å². The van der Waals surface area contributed by atoms with E-state index in [1.54, 1.807) is 25.3 Å². The molecule has 1 unspecified atom stereocenters. The van der Waals surface area contributed by atoms with E-state index >= 15 is 0 Å². The molecule has 0 radical (unpaired) electrons. The lowest BCUT2D eigenvalue weighted by Crippen LogP contribution is -2.31. The summed E-state index contributed by atoms with van der Waals surface area (Å²) < 4.78 is 18.9. The molecule has 0 bridgehead atoms. The summed E-state index contributed by atoms with van der Waals surface area (Å²) in [7, 11) is 1.66. The molecule has 2 aromatic rings. The molecule has 3 nitrogen and oxygen atoms in total. The highest BCUT2D eigenvalue weighted by atomic mass is 19.1. The summed E-state index contributed by atoms with van der Waals surface area (Å²) in [5.74, 6) is 0.563. The fraction of sp³-hybridized carbons (Fsp3) is 0.350. The molecule has 4 heteroatoms. The van der Waals surface area contributed by atoms with Crippen LogP contribution in [0.1, 0.15) is 42.0 Å². The smallest absolute Gasteiger partial charge is 0.220 e. The molecule has 2 aromatic carbocycles. The van der Waals surface area contributed by atoms with Gasteiger partial charge in [-0.3, -0.25) is 4.79 Å². The first-order valence-electron chi connectivity index (χ1n) is 8.37. The Kier molecular flexibility index (Phi) is 5.14. The van der Waals surface area contributed by atoms with Crippen LogP contribution in [0.3, 0.4) is 0 Å². The number of carbonyl (C=O) groups is 1. The number of halogens is 1. The second kappa shape index (κ2) is 7.47. The van der Waals surface area contributed by atoms with Crippen molar-refractivity contribution in [3.63, 3.8) is 0 Å². The van der Waals surface area contributed by atoms with Gasteiger partial charge < -0.3 is 10.1 Å². The van der Waals surface area contributed by atoms with E-state index in [2.05, 4.69) is 5.32 Å². The number of fused-ring (bicyclic) bond motifs is 1. The van der Waals surface area contributed by atoms with Crippen molar-refractivity contribution in [1.29, 1.82) is 0 Å². The van der Waals surface area contributed by atoms with Crippen LogP contribution in [0.15, 0.2) is 42.5 Å². The van der Waals surface area contributed by atoms with Crippen LogP contribution in [0.2, 0.25) is 0 Å². The molecule has 0 heterocycles. The van der Waals surface area contributed by atoms with E-state index in [0.717, 1.165) is 25.0 Å². The number of ether oxygens (including phenoxy) is 1. The van der Waals surface area contributed by atoms with Crippen molar-refractivity contribution >= 4 is 5.91 Å². The van der Waals surface area contributed by atoms with Crippen LogP contribution in [0.25, 0.3) is 0 Å². The van der Waals surface area contributed by atoms with E-state index in [-0.39, 0.29) is 17.8 Å². The monoisotopic (exact) mass is 327 g/mol. The van der Waals surface area contributed by atoms with Crippen molar-refractivity contribution in [2.75, 3.05) is 7.11 Å². The number of benzene rings is 2. The molecule has 24 heavy (non-hydrogen) atoms. The Labute approximate surface area is 141 Å². The number of carbonyl (C=O) groups excluding carboxylic acids is 1. The minimum atomic E-state index is -0.250. The van der Waals surface area contributed by atoms with Gasteiger partial charge in [-0.25, -0.2) is 4.39 Å². The quantitative estimate of drug-likeness (QED) is 0.903. The zero-order valence-corrected chi connectivity index (χ0v) is 13.8. The maximum absolute atomic E-state index is 13.6. The lowest BCUT2D eigenvalue weighted by atomic mass is 9.87. The van der Waals surface area contributed by atoms with Gasteiger partial charge in [0.25, 0.3) is 0 Å². The molecule has 1 atom stereocenters. The van der Waals surface area contributed by atoms with Gasteiger partial charge in [0.1, 0.15) is 11.6 Å². The Morgan fingerprint density at radius 1 is 1.29 bits per heavy atom. The summed E-state index contributed by atoms with van der Waals surface area (Å²) in [4.78, 5) is 12.3. The van der Waals surface area contributed by atoms with Gasteiger partial charge in [0, 0.05) is 6.42 Å². The normalized spacial score (nSPS) is 16.3. The summed E-state index contributed by atoms with van der Waals surface area (Å²) >= 11 is 0. The Morgan fingerprint density at radius 2 is 2.12 bits per heavy atom. The minimum absolute atomic E-state index is 0.0350. The lowest BCUT2D eigenvalue weighted by molar-refractivity contribution is -0.121. The molecule has 1 aliphatic carbocycles. The highest BCUT2D eigenvalue weighted by Crippen LogP contribution is 2.32. The SMILES string of the molecule is COc1ccc2c(c1)CCCC2NC(=O)CCc1ccccc1F. The zero-order chi connectivity index (χ0) is 16.9.